The van der Waals surface area contributed by atoms with Crippen molar-refractivity contribution >= 4 is 12.4 Å². The van der Waals surface area contributed by atoms with Gasteiger partial charge in [-0.25, -0.2) is 0 Å². The van der Waals surface area contributed by atoms with Gasteiger partial charge in [0.1, 0.15) is 0 Å². The first kappa shape index (κ1) is 9.21. The molecule has 0 radical (unpaired) electrons. The molecule has 1 atom stereocenters. The molecule has 3 heteroatoms. The minimum absolute atomic E-state index is 0. The lowest BCUT2D eigenvalue weighted by atomic mass is 10.2. The van der Waals surface area contributed by atoms with E-state index >= 15 is 0 Å². The predicted molar refractivity (Wildman–Crippen MR) is 40.2 cm³/mol. The molecule has 1 aliphatic rings. The minimum atomic E-state index is 0. The van der Waals surface area contributed by atoms with Gasteiger partial charge in [-0.05, 0) is 20.5 Å². The Labute approximate surface area is 62.6 Å². The Morgan fingerprint density at radius 3 is 2.33 bits per heavy atom. The molecule has 0 spiro atoms. The van der Waals surface area contributed by atoms with E-state index in [1.807, 2.05) is 0 Å². The maximum absolute atomic E-state index is 5.18. The van der Waals surface area contributed by atoms with Crippen molar-refractivity contribution in [2.45, 2.75) is 12.5 Å². The van der Waals surface area contributed by atoms with E-state index in [1.54, 1.807) is 0 Å². The normalized spacial score (nSPS) is 26.3. The van der Waals surface area contributed by atoms with Crippen molar-refractivity contribution in [2.24, 2.45) is 0 Å². The third-order valence-electron chi connectivity index (χ3n) is 1.64. The van der Waals surface area contributed by atoms with Crippen molar-refractivity contribution in [1.29, 1.82) is 0 Å². The third kappa shape index (κ3) is 2.52. The van der Waals surface area contributed by atoms with Crippen LogP contribution >= 0.6 is 12.4 Å². The zero-order chi connectivity index (χ0) is 5.98. The number of hydrogen-bond donors (Lipinski definition) is 0. The van der Waals surface area contributed by atoms with Gasteiger partial charge in [0, 0.05) is 12.6 Å². The van der Waals surface area contributed by atoms with E-state index < -0.39 is 0 Å². The molecule has 1 heterocycles. The topological polar surface area (TPSA) is 12.5 Å². The molecule has 0 aromatic rings. The number of nitrogens with zero attached hydrogens (tertiary/aromatic N) is 1. The number of rotatable bonds is 1. The van der Waals surface area contributed by atoms with Crippen molar-refractivity contribution in [3.63, 3.8) is 0 Å². The second kappa shape index (κ2) is 4.09. The molecule has 9 heavy (non-hydrogen) atoms. The first-order valence-corrected chi connectivity index (χ1v) is 3.05. The highest BCUT2D eigenvalue weighted by atomic mass is 35.5. The van der Waals surface area contributed by atoms with Crippen LogP contribution in [0.5, 0.6) is 0 Å². The average molecular weight is 152 g/mol. The van der Waals surface area contributed by atoms with Crippen molar-refractivity contribution in [3.8, 4) is 0 Å². The molecule has 0 aromatic heterocycles. The van der Waals surface area contributed by atoms with E-state index in [2.05, 4.69) is 19.0 Å². The number of halogens is 1. The minimum Gasteiger partial charge on any atom is -0.380 e. The molecule has 1 rings (SSSR count). The van der Waals surface area contributed by atoms with Crippen molar-refractivity contribution in [3.05, 3.63) is 0 Å². The lowest BCUT2D eigenvalue weighted by Gasteiger charge is -2.15. The quantitative estimate of drug-likeness (QED) is 0.549. The molecule has 1 fully saturated rings. The molecular formula is C6H14ClNO. The highest BCUT2D eigenvalue weighted by Crippen LogP contribution is 2.07. The smallest absolute Gasteiger partial charge is 0.0622 e. The van der Waals surface area contributed by atoms with Gasteiger partial charge in [0.2, 0.25) is 0 Å². The molecule has 2 nitrogen and oxygen atoms in total. The van der Waals surface area contributed by atoms with Crippen LogP contribution in [-0.2, 0) is 4.74 Å². The Kier molecular flexibility index (Phi) is 4.19. The molecule has 0 saturated carbocycles. The van der Waals surface area contributed by atoms with Gasteiger partial charge < -0.3 is 9.64 Å². The molecule has 56 valence electrons. The van der Waals surface area contributed by atoms with Crippen LogP contribution in [0.1, 0.15) is 6.42 Å². The number of likely N-dealkylation sites (N-methyl/N-ethyl adjacent to an activating group) is 1. The second-order valence-corrected chi connectivity index (χ2v) is 2.48. The van der Waals surface area contributed by atoms with Crippen LogP contribution < -0.4 is 0 Å². The first-order valence-electron chi connectivity index (χ1n) is 3.05. The van der Waals surface area contributed by atoms with Gasteiger partial charge in [-0.3, -0.25) is 0 Å². The zero-order valence-corrected chi connectivity index (χ0v) is 6.78. The van der Waals surface area contributed by atoms with E-state index in [4.69, 9.17) is 4.74 Å². The summed E-state index contributed by atoms with van der Waals surface area (Å²) < 4.78 is 5.18. The zero-order valence-electron chi connectivity index (χ0n) is 5.96. The van der Waals surface area contributed by atoms with Crippen LogP contribution in [0.25, 0.3) is 0 Å². The van der Waals surface area contributed by atoms with Gasteiger partial charge in [0.15, 0.2) is 0 Å². The molecule has 0 aliphatic carbocycles. The standard InChI is InChI=1S/C6H13NO.ClH/c1-7(2)6-3-4-8-5-6;/h6H,3-5H2,1-2H3;1H. The van der Waals surface area contributed by atoms with E-state index in [-0.39, 0.29) is 12.4 Å². The van der Waals surface area contributed by atoms with Gasteiger partial charge in [-0.2, -0.15) is 0 Å². The van der Waals surface area contributed by atoms with Crippen LogP contribution in [0.15, 0.2) is 0 Å². The summed E-state index contributed by atoms with van der Waals surface area (Å²) in [7, 11) is 4.19. The Hall–Kier alpha value is 0.210. The lowest BCUT2D eigenvalue weighted by Crippen LogP contribution is -2.27. The molecule has 0 N–H and O–H groups in total. The number of ether oxygens (including phenoxy) is 1. The van der Waals surface area contributed by atoms with E-state index in [0.717, 1.165) is 13.2 Å². The fourth-order valence-corrected chi connectivity index (χ4v) is 0.929. The maximum atomic E-state index is 5.18. The second-order valence-electron chi connectivity index (χ2n) is 2.48. The third-order valence-corrected chi connectivity index (χ3v) is 1.64. The van der Waals surface area contributed by atoms with Gasteiger partial charge in [-0.1, -0.05) is 0 Å². The van der Waals surface area contributed by atoms with Gasteiger partial charge in [0.05, 0.1) is 6.61 Å². The summed E-state index contributed by atoms with van der Waals surface area (Å²) in [6, 6.07) is 0.676. The Morgan fingerprint density at radius 1 is 1.44 bits per heavy atom. The summed E-state index contributed by atoms with van der Waals surface area (Å²) in [5, 5.41) is 0. The van der Waals surface area contributed by atoms with Crippen LogP contribution in [0.2, 0.25) is 0 Å². The van der Waals surface area contributed by atoms with Crippen LogP contribution in [-0.4, -0.2) is 38.3 Å². The van der Waals surface area contributed by atoms with Gasteiger partial charge in [0.25, 0.3) is 0 Å². The maximum Gasteiger partial charge on any atom is 0.0622 e. The Bertz CT molecular complexity index is 71.5. The summed E-state index contributed by atoms with van der Waals surface area (Å²) >= 11 is 0. The predicted octanol–water partition coefficient (Wildman–Crippen LogP) is 0.759. The van der Waals surface area contributed by atoms with E-state index in [1.165, 1.54) is 6.42 Å². The average Bonchev–Trinajstić information content (AvgIpc) is 2.12. The van der Waals surface area contributed by atoms with Crippen molar-refractivity contribution in [2.75, 3.05) is 27.3 Å². The fourth-order valence-electron chi connectivity index (χ4n) is 0.929. The molecular weight excluding hydrogens is 138 g/mol. The highest BCUT2D eigenvalue weighted by Gasteiger charge is 2.16. The van der Waals surface area contributed by atoms with Crippen LogP contribution in [0.4, 0.5) is 0 Å². The van der Waals surface area contributed by atoms with Gasteiger partial charge in [-0.15, -0.1) is 12.4 Å². The summed E-state index contributed by atoms with van der Waals surface area (Å²) in [6.07, 6.45) is 1.20. The molecule has 1 unspecified atom stereocenters. The van der Waals surface area contributed by atoms with Crippen LogP contribution in [0, 0.1) is 0 Å². The molecule has 1 aliphatic heterocycles. The molecule has 0 bridgehead atoms. The Morgan fingerprint density at radius 2 is 2.11 bits per heavy atom. The monoisotopic (exact) mass is 151 g/mol. The summed E-state index contributed by atoms with van der Waals surface area (Å²) in [5.41, 5.74) is 0. The molecule has 1 saturated heterocycles. The number of hydrogen-bond acceptors (Lipinski definition) is 2. The Balaban J connectivity index is 0.000000640. The molecule has 0 amide bonds. The van der Waals surface area contributed by atoms with Crippen molar-refractivity contribution in [1.82, 2.24) is 4.90 Å². The fraction of sp³-hybridized carbons (Fsp3) is 1.00. The SMILES string of the molecule is CN(C)C1CCOC1.Cl. The van der Waals surface area contributed by atoms with Crippen LogP contribution in [0.3, 0.4) is 0 Å². The summed E-state index contributed by atoms with van der Waals surface area (Å²) in [4.78, 5) is 2.22. The van der Waals surface area contributed by atoms with Crippen molar-refractivity contribution < 1.29 is 4.74 Å². The summed E-state index contributed by atoms with van der Waals surface area (Å²) in [5.74, 6) is 0. The van der Waals surface area contributed by atoms with E-state index in [0.29, 0.717) is 6.04 Å². The summed E-state index contributed by atoms with van der Waals surface area (Å²) in [6.45, 7) is 1.87. The van der Waals surface area contributed by atoms with Gasteiger partial charge >= 0.3 is 0 Å². The van der Waals surface area contributed by atoms with E-state index in [9.17, 15) is 0 Å². The first-order chi connectivity index (χ1) is 3.80. The highest BCUT2D eigenvalue weighted by molar-refractivity contribution is 5.85. The molecule has 0 aromatic carbocycles. The lowest BCUT2D eigenvalue weighted by molar-refractivity contribution is 0.170. The largest absolute Gasteiger partial charge is 0.380 e.